The van der Waals surface area contributed by atoms with Gasteiger partial charge in [0, 0.05) is 17.7 Å². The number of benzene rings is 1. The van der Waals surface area contributed by atoms with Gasteiger partial charge in [0.2, 0.25) is 0 Å². The number of hydrogen-bond acceptors (Lipinski definition) is 3. The highest BCUT2D eigenvalue weighted by molar-refractivity contribution is 6.29. The number of hydrogen-bond donors (Lipinski definition) is 1. The second-order valence-corrected chi connectivity index (χ2v) is 5.88. The maximum atomic E-state index is 6.04. The number of rotatable bonds is 4. The molecule has 0 amide bonds. The Labute approximate surface area is 125 Å². The molecule has 20 heavy (non-hydrogen) atoms. The fourth-order valence-electron chi connectivity index (χ4n) is 1.86. The summed E-state index contributed by atoms with van der Waals surface area (Å²) in [5.74, 6) is 2.26. The lowest BCUT2D eigenvalue weighted by Crippen LogP contribution is -2.02. The highest BCUT2D eigenvalue weighted by Gasteiger charge is 2.07. The molecule has 1 N–H and O–H groups in total. The minimum absolute atomic E-state index is 0.248. The van der Waals surface area contributed by atoms with E-state index in [1.165, 1.54) is 5.56 Å². The maximum Gasteiger partial charge on any atom is 0.135 e. The van der Waals surface area contributed by atoms with Crippen LogP contribution in [0.15, 0.2) is 30.3 Å². The molecule has 106 valence electrons. The lowest BCUT2D eigenvalue weighted by Gasteiger charge is -2.11. The average molecular weight is 290 g/mol. The van der Waals surface area contributed by atoms with Crippen molar-refractivity contribution in [3.05, 3.63) is 46.9 Å². The van der Waals surface area contributed by atoms with Crippen LogP contribution in [0.3, 0.4) is 0 Å². The summed E-state index contributed by atoms with van der Waals surface area (Å²) in [6.07, 6.45) is 0. The summed E-state index contributed by atoms with van der Waals surface area (Å²) in [6.45, 7) is 8.46. The number of nitrogens with one attached hydrogen (secondary N) is 1. The lowest BCUT2D eigenvalue weighted by molar-refractivity contribution is 0.776. The molecule has 0 saturated carbocycles. The van der Waals surface area contributed by atoms with Gasteiger partial charge in [-0.1, -0.05) is 51.4 Å². The van der Waals surface area contributed by atoms with E-state index in [-0.39, 0.29) is 5.92 Å². The van der Waals surface area contributed by atoms with Crippen LogP contribution < -0.4 is 5.32 Å². The molecule has 2 aromatic rings. The zero-order chi connectivity index (χ0) is 14.7. The van der Waals surface area contributed by atoms with Gasteiger partial charge in [-0.15, -0.1) is 0 Å². The molecule has 0 unspecified atom stereocenters. The fraction of sp³-hybridized carbons (Fsp3) is 0.375. The molecular formula is C16H20ClN3. The smallest absolute Gasteiger partial charge is 0.135 e. The summed E-state index contributed by atoms with van der Waals surface area (Å²) in [4.78, 5) is 8.71. The van der Waals surface area contributed by atoms with E-state index in [0.29, 0.717) is 11.1 Å². The molecule has 0 aliphatic rings. The number of anilines is 2. The molecule has 1 heterocycles. The highest BCUT2D eigenvalue weighted by atomic mass is 35.5. The summed E-state index contributed by atoms with van der Waals surface area (Å²) < 4.78 is 0. The standard InChI is InChI=1S/C16H20ClN3/c1-10(2)12-5-7-13(8-6-12)18-15-9-14(17)19-16(20-15)11(3)4/h5-11H,1-4H3,(H,18,19,20). The van der Waals surface area contributed by atoms with E-state index in [1.54, 1.807) is 6.07 Å². The molecule has 1 aromatic heterocycles. The van der Waals surface area contributed by atoms with Gasteiger partial charge in [-0.2, -0.15) is 0 Å². The van der Waals surface area contributed by atoms with Crippen LogP contribution in [0.2, 0.25) is 5.15 Å². The van der Waals surface area contributed by atoms with Gasteiger partial charge < -0.3 is 5.32 Å². The number of halogens is 1. The molecule has 2 rings (SSSR count). The third-order valence-electron chi connectivity index (χ3n) is 3.08. The molecule has 0 spiro atoms. The van der Waals surface area contributed by atoms with Crippen molar-refractivity contribution in [2.75, 3.05) is 5.32 Å². The second-order valence-electron chi connectivity index (χ2n) is 5.49. The van der Waals surface area contributed by atoms with E-state index in [0.717, 1.165) is 17.3 Å². The minimum atomic E-state index is 0.248. The van der Waals surface area contributed by atoms with Crippen molar-refractivity contribution < 1.29 is 0 Å². The van der Waals surface area contributed by atoms with Crippen molar-refractivity contribution in [2.45, 2.75) is 39.5 Å². The van der Waals surface area contributed by atoms with E-state index in [2.05, 4.69) is 53.4 Å². The van der Waals surface area contributed by atoms with Gasteiger partial charge in [0.25, 0.3) is 0 Å². The van der Waals surface area contributed by atoms with Crippen molar-refractivity contribution in [3.63, 3.8) is 0 Å². The molecule has 3 nitrogen and oxygen atoms in total. The van der Waals surface area contributed by atoms with Crippen LogP contribution in [0.4, 0.5) is 11.5 Å². The van der Waals surface area contributed by atoms with Crippen LogP contribution in [-0.2, 0) is 0 Å². The Bertz CT molecular complexity index is 577. The van der Waals surface area contributed by atoms with Crippen LogP contribution >= 0.6 is 11.6 Å². The summed E-state index contributed by atoms with van der Waals surface area (Å²) in [6, 6.07) is 10.1. The van der Waals surface area contributed by atoms with Crippen molar-refractivity contribution in [1.82, 2.24) is 9.97 Å². The van der Waals surface area contributed by atoms with Crippen molar-refractivity contribution in [3.8, 4) is 0 Å². The van der Waals surface area contributed by atoms with Gasteiger partial charge in [0.1, 0.15) is 16.8 Å². The topological polar surface area (TPSA) is 37.8 Å². The largest absolute Gasteiger partial charge is 0.340 e. The first-order chi connectivity index (χ1) is 9.45. The van der Waals surface area contributed by atoms with E-state index >= 15 is 0 Å². The molecular weight excluding hydrogens is 270 g/mol. The first kappa shape index (κ1) is 14.8. The highest BCUT2D eigenvalue weighted by Crippen LogP contribution is 2.22. The van der Waals surface area contributed by atoms with Gasteiger partial charge in [0.15, 0.2) is 0 Å². The van der Waals surface area contributed by atoms with Crippen molar-refractivity contribution in [1.29, 1.82) is 0 Å². The van der Waals surface area contributed by atoms with Crippen molar-refractivity contribution in [2.24, 2.45) is 0 Å². The van der Waals surface area contributed by atoms with E-state index in [4.69, 9.17) is 11.6 Å². The molecule has 1 aromatic carbocycles. The van der Waals surface area contributed by atoms with E-state index in [1.807, 2.05) is 13.8 Å². The Kier molecular flexibility index (Phi) is 4.61. The summed E-state index contributed by atoms with van der Waals surface area (Å²) in [5.41, 5.74) is 2.32. The Morgan fingerprint density at radius 2 is 1.60 bits per heavy atom. The van der Waals surface area contributed by atoms with Crippen LogP contribution in [0.5, 0.6) is 0 Å². The molecule has 0 bridgehead atoms. The van der Waals surface area contributed by atoms with Crippen LogP contribution in [-0.4, -0.2) is 9.97 Å². The Balaban J connectivity index is 2.21. The quantitative estimate of drug-likeness (QED) is 0.794. The van der Waals surface area contributed by atoms with Crippen LogP contribution in [0.25, 0.3) is 0 Å². The number of nitrogens with zero attached hydrogens (tertiary/aromatic N) is 2. The molecule has 4 heteroatoms. The molecule has 0 radical (unpaired) electrons. The predicted octanol–water partition coefficient (Wildman–Crippen LogP) is 5.12. The van der Waals surface area contributed by atoms with Gasteiger partial charge in [-0.3, -0.25) is 0 Å². The SMILES string of the molecule is CC(C)c1ccc(Nc2cc(Cl)nc(C(C)C)n2)cc1. The third kappa shape index (κ3) is 3.70. The van der Waals surface area contributed by atoms with E-state index < -0.39 is 0 Å². The monoisotopic (exact) mass is 289 g/mol. The average Bonchev–Trinajstić information content (AvgIpc) is 2.38. The Hall–Kier alpha value is -1.61. The third-order valence-corrected chi connectivity index (χ3v) is 3.27. The zero-order valence-electron chi connectivity index (χ0n) is 12.3. The number of aromatic nitrogens is 2. The predicted molar refractivity (Wildman–Crippen MR) is 84.9 cm³/mol. The molecule has 0 fully saturated rings. The van der Waals surface area contributed by atoms with Crippen molar-refractivity contribution >= 4 is 23.1 Å². The van der Waals surface area contributed by atoms with Gasteiger partial charge in [0.05, 0.1) is 0 Å². The van der Waals surface area contributed by atoms with Gasteiger partial charge in [-0.25, -0.2) is 9.97 Å². The zero-order valence-corrected chi connectivity index (χ0v) is 13.1. The first-order valence-electron chi connectivity index (χ1n) is 6.87. The van der Waals surface area contributed by atoms with Crippen LogP contribution in [0, 0.1) is 0 Å². The first-order valence-corrected chi connectivity index (χ1v) is 7.25. The molecule has 0 aliphatic carbocycles. The fourth-order valence-corrected chi connectivity index (χ4v) is 2.05. The molecule has 0 saturated heterocycles. The van der Waals surface area contributed by atoms with Gasteiger partial charge in [-0.05, 0) is 23.6 Å². The maximum absolute atomic E-state index is 6.04. The summed E-state index contributed by atoms with van der Waals surface area (Å²) in [7, 11) is 0. The normalized spacial score (nSPS) is 11.2. The Morgan fingerprint density at radius 1 is 0.950 bits per heavy atom. The van der Waals surface area contributed by atoms with Crippen LogP contribution in [0.1, 0.15) is 50.9 Å². The second kappa shape index (κ2) is 6.23. The van der Waals surface area contributed by atoms with E-state index in [9.17, 15) is 0 Å². The molecule has 0 aliphatic heterocycles. The summed E-state index contributed by atoms with van der Waals surface area (Å²) >= 11 is 6.04. The summed E-state index contributed by atoms with van der Waals surface area (Å²) in [5, 5.41) is 3.73. The van der Waals surface area contributed by atoms with Gasteiger partial charge >= 0.3 is 0 Å². The lowest BCUT2D eigenvalue weighted by atomic mass is 10.0. The molecule has 0 atom stereocenters. The Morgan fingerprint density at radius 3 is 2.15 bits per heavy atom. The minimum Gasteiger partial charge on any atom is -0.340 e.